The number of hydrogen-bond donors (Lipinski definition) is 1. The third kappa shape index (κ3) is 5.70. The summed E-state index contributed by atoms with van der Waals surface area (Å²) in [5, 5.41) is 2.62. The van der Waals surface area contributed by atoms with E-state index < -0.39 is 32.6 Å². The number of hydrogen-bond acceptors (Lipinski definition) is 4. The van der Waals surface area contributed by atoms with E-state index >= 15 is 0 Å². The number of aryl methyl sites for hydroxylation is 1. The smallest absolute Gasteiger partial charge is 0.416 e. The van der Waals surface area contributed by atoms with Gasteiger partial charge in [0, 0.05) is 13.0 Å². The molecule has 0 atom stereocenters. The average molecular weight is 466 g/mol. The monoisotopic (exact) mass is 466 g/mol. The maximum absolute atomic E-state index is 13.3. The van der Waals surface area contributed by atoms with Crippen LogP contribution in [0.15, 0.2) is 76.2 Å². The molecule has 6 nitrogen and oxygen atoms in total. The first-order valence-corrected chi connectivity index (χ1v) is 11.1. The summed E-state index contributed by atoms with van der Waals surface area (Å²) in [4.78, 5) is 11.7. The van der Waals surface area contributed by atoms with Crippen LogP contribution < -0.4 is 9.62 Å². The van der Waals surface area contributed by atoms with Gasteiger partial charge in [-0.25, -0.2) is 8.42 Å². The Bertz CT molecular complexity index is 1160. The van der Waals surface area contributed by atoms with Gasteiger partial charge in [0.05, 0.1) is 29.0 Å². The molecule has 1 aromatic heterocycles. The number of nitrogens with zero attached hydrogens (tertiary/aromatic N) is 1. The zero-order valence-corrected chi connectivity index (χ0v) is 17.9. The Kier molecular flexibility index (Phi) is 6.93. The van der Waals surface area contributed by atoms with Gasteiger partial charge in [-0.3, -0.25) is 9.10 Å². The molecule has 170 valence electrons. The lowest BCUT2D eigenvalue weighted by Crippen LogP contribution is -2.35. The van der Waals surface area contributed by atoms with Gasteiger partial charge in [-0.15, -0.1) is 0 Å². The number of furan rings is 1. The first-order valence-electron chi connectivity index (χ1n) is 9.63. The van der Waals surface area contributed by atoms with E-state index in [-0.39, 0.29) is 25.2 Å². The van der Waals surface area contributed by atoms with Crippen LogP contribution in [0.5, 0.6) is 0 Å². The summed E-state index contributed by atoms with van der Waals surface area (Å²) < 4.78 is 71.9. The van der Waals surface area contributed by atoms with Gasteiger partial charge < -0.3 is 9.73 Å². The Hall–Kier alpha value is -3.27. The summed E-state index contributed by atoms with van der Waals surface area (Å²) in [5.74, 6) is 0.100. The maximum atomic E-state index is 13.3. The number of carbonyl (C=O) groups excluding carboxylic acids is 1. The van der Waals surface area contributed by atoms with Crippen LogP contribution in [-0.4, -0.2) is 20.9 Å². The summed E-state index contributed by atoms with van der Waals surface area (Å²) in [6, 6.07) is 13.3. The van der Waals surface area contributed by atoms with Crippen LogP contribution in [0.3, 0.4) is 0 Å². The Morgan fingerprint density at radius 1 is 1.06 bits per heavy atom. The molecule has 0 unspecified atom stereocenters. The highest BCUT2D eigenvalue weighted by atomic mass is 32.2. The highest BCUT2D eigenvalue weighted by molar-refractivity contribution is 7.92. The van der Waals surface area contributed by atoms with Crippen LogP contribution in [0.2, 0.25) is 0 Å². The number of alkyl halides is 3. The van der Waals surface area contributed by atoms with Crippen molar-refractivity contribution in [1.82, 2.24) is 5.32 Å². The predicted molar refractivity (Wildman–Crippen MR) is 112 cm³/mol. The minimum atomic E-state index is -4.69. The lowest BCUT2D eigenvalue weighted by molar-refractivity contribution is -0.137. The van der Waals surface area contributed by atoms with Gasteiger partial charge in [0.25, 0.3) is 10.0 Å². The van der Waals surface area contributed by atoms with Crippen molar-refractivity contribution in [1.29, 1.82) is 0 Å². The fraction of sp³-hybridized carbons (Fsp3) is 0.227. The van der Waals surface area contributed by atoms with E-state index in [1.807, 2.05) is 6.92 Å². The van der Waals surface area contributed by atoms with Crippen molar-refractivity contribution < 1.29 is 30.8 Å². The number of benzene rings is 2. The molecule has 0 aliphatic rings. The molecule has 3 rings (SSSR count). The lowest BCUT2D eigenvalue weighted by Gasteiger charge is -2.25. The number of amides is 1. The Morgan fingerprint density at radius 3 is 2.41 bits per heavy atom. The van der Waals surface area contributed by atoms with Crippen LogP contribution in [0.4, 0.5) is 18.9 Å². The standard InChI is InChI=1S/C22H21F3N2O4S/c1-16-7-9-18(10-8-16)27(12-11-21(28)26-15-19-5-3-13-31-19)32(29,30)20-6-2-4-17(14-20)22(23,24)25/h2-10,13-14H,11-12,15H2,1H3,(H,26,28). The second-order valence-electron chi connectivity index (χ2n) is 7.04. The molecule has 1 heterocycles. The zero-order valence-electron chi connectivity index (χ0n) is 17.1. The summed E-state index contributed by atoms with van der Waals surface area (Å²) >= 11 is 0. The molecule has 10 heteroatoms. The Balaban J connectivity index is 1.85. The molecule has 0 aliphatic carbocycles. The van der Waals surface area contributed by atoms with Gasteiger partial charge in [0.1, 0.15) is 5.76 Å². The number of halogens is 3. The minimum Gasteiger partial charge on any atom is -0.467 e. The minimum absolute atomic E-state index is 0.136. The molecule has 0 radical (unpaired) electrons. The van der Waals surface area contributed by atoms with Gasteiger partial charge in [-0.05, 0) is 49.4 Å². The third-order valence-corrected chi connectivity index (χ3v) is 6.48. The van der Waals surface area contributed by atoms with Crippen LogP contribution in [0.25, 0.3) is 0 Å². The van der Waals surface area contributed by atoms with E-state index in [1.165, 1.54) is 6.26 Å². The SMILES string of the molecule is Cc1ccc(N(CCC(=O)NCc2ccco2)S(=O)(=O)c2cccc(C(F)(F)F)c2)cc1. The Morgan fingerprint density at radius 2 is 1.78 bits per heavy atom. The van der Waals surface area contributed by atoms with E-state index in [0.717, 1.165) is 28.1 Å². The molecule has 1 N–H and O–H groups in total. The third-order valence-electron chi connectivity index (χ3n) is 4.65. The van der Waals surface area contributed by atoms with Crippen LogP contribution >= 0.6 is 0 Å². The second-order valence-corrected chi connectivity index (χ2v) is 8.91. The fourth-order valence-electron chi connectivity index (χ4n) is 2.95. The fourth-order valence-corrected chi connectivity index (χ4v) is 4.46. The number of carbonyl (C=O) groups is 1. The van der Waals surface area contributed by atoms with Crippen molar-refractivity contribution in [2.45, 2.75) is 31.0 Å². The van der Waals surface area contributed by atoms with Crippen LogP contribution in [0, 0.1) is 6.92 Å². The van der Waals surface area contributed by atoms with E-state index in [2.05, 4.69) is 5.32 Å². The number of sulfonamides is 1. The van der Waals surface area contributed by atoms with Gasteiger partial charge in [0.2, 0.25) is 5.91 Å². The first kappa shape index (κ1) is 23.4. The number of rotatable bonds is 8. The second kappa shape index (κ2) is 9.47. The normalized spacial score (nSPS) is 11.9. The molecular formula is C22H21F3N2O4S. The largest absolute Gasteiger partial charge is 0.467 e. The molecule has 0 saturated carbocycles. The Labute approximate surface area is 183 Å². The molecule has 2 aromatic carbocycles. The quantitative estimate of drug-likeness (QED) is 0.530. The van der Waals surface area contributed by atoms with E-state index in [1.54, 1.807) is 36.4 Å². The number of nitrogens with one attached hydrogen (secondary N) is 1. The van der Waals surface area contributed by atoms with Gasteiger partial charge in [-0.2, -0.15) is 13.2 Å². The average Bonchev–Trinajstić information content (AvgIpc) is 3.27. The number of anilines is 1. The molecule has 32 heavy (non-hydrogen) atoms. The predicted octanol–water partition coefficient (Wildman–Crippen LogP) is 4.51. The van der Waals surface area contributed by atoms with Gasteiger partial charge >= 0.3 is 6.18 Å². The molecule has 3 aromatic rings. The molecule has 0 spiro atoms. The highest BCUT2D eigenvalue weighted by Crippen LogP contribution is 2.32. The van der Waals surface area contributed by atoms with Crippen molar-refractivity contribution in [2.24, 2.45) is 0 Å². The molecular weight excluding hydrogens is 445 g/mol. The topological polar surface area (TPSA) is 79.6 Å². The van der Waals surface area contributed by atoms with Crippen LogP contribution in [-0.2, 0) is 27.5 Å². The van der Waals surface area contributed by atoms with Gasteiger partial charge in [-0.1, -0.05) is 23.8 Å². The first-order chi connectivity index (χ1) is 15.1. The van der Waals surface area contributed by atoms with Crippen molar-refractivity contribution in [3.63, 3.8) is 0 Å². The maximum Gasteiger partial charge on any atom is 0.416 e. The van der Waals surface area contributed by atoms with Crippen LogP contribution in [0.1, 0.15) is 23.3 Å². The van der Waals surface area contributed by atoms with Crippen molar-refractivity contribution >= 4 is 21.6 Å². The van der Waals surface area contributed by atoms with Crippen molar-refractivity contribution in [3.05, 3.63) is 83.8 Å². The molecule has 0 saturated heterocycles. The molecule has 0 bridgehead atoms. The van der Waals surface area contributed by atoms with E-state index in [9.17, 15) is 26.4 Å². The summed E-state index contributed by atoms with van der Waals surface area (Å²) in [6.07, 6.45) is -3.43. The summed E-state index contributed by atoms with van der Waals surface area (Å²) in [6.45, 7) is 1.69. The van der Waals surface area contributed by atoms with Gasteiger partial charge in [0.15, 0.2) is 0 Å². The van der Waals surface area contributed by atoms with Crippen molar-refractivity contribution in [3.8, 4) is 0 Å². The van der Waals surface area contributed by atoms with E-state index in [0.29, 0.717) is 11.8 Å². The highest BCUT2D eigenvalue weighted by Gasteiger charge is 2.33. The van der Waals surface area contributed by atoms with Crippen molar-refractivity contribution in [2.75, 3.05) is 10.8 Å². The lowest BCUT2D eigenvalue weighted by atomic mass is 10.2. The zero-order chi connectivity index (χ0) is 23.4. The van der Waals surface area contributed by atoms with E-state index in [4.69, 9.17) is 4.42 Å². The molecule has 0 fully saturated rings. The molecule has 0 aliphatic heterocycles. The summed E-state index contributed by atoms with van der Waals surface area (Å²) in [5.41, 5.74) is 0.0480. The summed E-state index contributed by atoms with van der Waals surface area (Å²) in [7, 11) is -4.37. The molecule has 1 amide bonds.